The smallest absolute Gasteiger partial charge is 0.335 e. The number of nitrogens with one attached hydrogen (secondary N) is 1. The normalized spacial score (nSPS) is 24.3. The Morgan fingerprint density at radius 3 is 2.64 bits per heavy atom. The molecule has 0 aromatic heterocycles. The lowest BCUT2D eigenvalue weighted by Crippen LogP contribution is -2.51. The molecule has 2 aliphatic rings. The minimum Gasteiger partial charge on any atom is -0.478 e. The van der Waals surface area contributed by atoms with Crippen molar-refractivity contribution in [1.29, 1.82) is 0 Å². The lowest BCUT2D eigenvalue weighted by molar-refractivity contribution is 0.0693. The number of methoxy groups -OCH3 is 1. The van der Waals surface area contributed by atoms with Gasteiger partial charge < -0.3 is 24.8 Å². The molecular formula is C18H24N2O5. The summed E-state index contributed by atoms with van der Waals surface area (Å²) in [5.41, 5.74) is 1.22. The molecule has 0 saturated carbocycles. The van der Waals surface area contributed by atoms with E-state index >= 15 is 0 Å². The van der Waals surface area contributed by atoms with Crippen LogP contribution in [0.4, 0.5) is 4.79 Å². The predicted molar refractivity (Wildman–Crippen MR) is 90.9 cm³/mol. The van der Waals surface area contributed by atoms with Gasteiger partial charge in [-0.3, -0.25) is 0 Å². The number of hydrogen-bond donors (Lipinski definition) is 2. The highest BCUT2D eigenvalue weighted by atomic mass is 16.5. The summed E-state index contributed by atoms with van der Waals surface area (Å²) >= 11 is 0. The van der Waals surface area contributed by atoms with Gasteiger partial charge in [-0.25, -0.2) is 9.59 Å². The first kappa shape index (κ1) is 17.7. The van der Waals surface area contributed by atoms with Gasteiger partial charge in [-0.15, -0.1) is 0 Å². The van der Waals surface area contributed by atoms with Crippen molar-refractivity contribution in [3.05, 3.63) is 35.4 Å². The number of rotatable bonds is 4. The number of carboxylic acids is 1. The first-order valence-electron chi connectivity index (χ1n) is 8.58. The quantitative estimate of drug-likeness (QED) is 0.864. The zero-order valence-corrected chi connectivity index (χ0v) is 14.3. The Morgan fingerprint density at radius 1 is 1.24 bits per heavy atom. The molecule has 0 unspecified atom stereocenters. The maximum Gasteiger partial charge on any atom is 0.335 e. The van der Waals surface area contributed by atoms with Crippen molar-refractivity contribution in [1.82, 2.24) is 10.2 Å². The average molecular weight is 348 g/mol. The van der Waals surface area contributed by atoms with E-state index in [1.54, 1.807) is 24.1 Å². The molecule has 7 heteroatoms. The molecule has 136 valence electrons. The van der Waals surface area contributed by atoms with Gasteiger partial charge in [-0.1, -0.05) is 18.2 Å². The number of likely N-dealkylation sites (tertiary alicyclic amines) is 1. The van der Waals surface area contributed by atoms with E-state index in [1.165, 1.54) is 0 Å². The molecular weight excluding hydrogens is 324 g/mol. The fourth-order valence-corrected chi connectivity index (χ4v) is 3.59. The molecule has 1 aromatic carbocycles. The van der Waals surface area contributed by atoms with Crippen LogP contribution < -0.4 is 5.32 Å². The fraction of sp³-hybridized carbons (Fsp3) is 0.556. The van der Waals surface area contributed by atoms with Gasteiger partial charge in [0.25, 0.3) is 0 Å². The third-order valence-electron chi connectivity index (χ3n) is 5.05. The van der Waals surface area contributed by atoms with Crippen LogP contribution in [-0.2, 0) is 9.47 Å². The van der Waals surface area contributed by atoms with Crippen LogP contribution in [0, 0.1) is 0 Å². The molecule has 1 aromatic rings. The Morgan fingerprint density at radius 2 is 1.96 bits per heavy atom. The van der Waals surface area contributed by atoms with Crippen molar-refractivity contribution in [2.45, 2.75) is 30.9 Å². The summed E-state index contributed by atoms with van der Waals surface area (Å²) in [5.74, 6) is -0.736. The van der Waals surface area contributed by atoms with Gasteiger partial charge in [-0.2, -0.15) is 0 Å². The van der Waals surface area contributed by atoms with E-state index < -0.39 is 5.97 Å². The van der Waals surface area contributed by atoms with Crippen LogP contribution >= 0.6 is 0 Å². The summed E-state index contributed by atoms with van der Waals surface area (Å²) in [6.45, 7) is 2.17. The van der Waals surface area contributed by atoms with Gasteiger partial charge in [0.1, 0.15) is 6.10 Å². The van der Waals surface area contributed by atoms with Crippen LogP contribution in [-0.4, -0.2) is 67.6 Å². The summed E-state index contributed by atoms with van der Waals surface area (Å²) in [6, 6.07) is 6.90. The highest BCUT2D eigenvalue weighted by molar-refractivity contribution is 5.89. The largest absolute Gasteiger partial charge is 0.478 e. The van der Waals surface area contributed by atoms with Crippen LogP contribution in [0.1, 0.15) is 34.7 Å². The van der Waals surface area contributed by atoms with E-state index in [1.807, 2.05) is 12.1 Å². The van der Waals surface area contributed by atoms with Crippen LogP contribution in [0.15, 0.2) is 24.3 Å². The van der Waals surface area contributed by atoms with Gasteiger partial charge in [0.05, 0.1) is 24.8 Å². The van der Waals surface area contributed by atoms with Gasteiger partial charge in [-0.05, 0) is 30.4 Å². The second kappa shape index (κ2) is 7.84. The fourth-order valence-electron chi connectivity index (χ4n) is 3.59. The summed E-state index contributed by atoms with van der Waals surface area (Å²) < 4.78 is 10.7. The van der Waals surface area contributed by atoms with Gasteiger partial charge >= 0.3 is 12.0 Å². The summed E-state index contributed by atoms with van der Waals surface area (Å²) in [7, 11) is 1.61. The summed E-state index contributed by atoms with van der Waals surface area (Å²) in [4.78, 5) is 25.6. The molecule has 2 amide bonds. The van der Waals surface area contributed by atoms with Crippen molar-refractivity contribution in [2.75, 3.05) is 33.4 Å². The molecule has 0 radical (unpaired) electrons. The predicted octanol–water partition coefficient (Wildman–Crippen LogP) is 1.69. The number of piperidine rings is 1. The number of amides is 2. The lowest BCUT2D eigenvalue weighted by atomic mass is 9.86. The number of aromatic carboxylic acids is 1. The Balaban J connectivity index is 1.57. The molecule has 2 fully saturated rings. The lowest BCUT2D eigenvalue weighted by Gasteiger charge is -2.33. The number of urea groups is 1. The maximum absolute atomic E-state index is 12.4. The monoisotopic (exact) mass is 348 g/mol. The molecule has 0 bridgehead atoms. The molecule has 7 nitrogen and oxygen atoms in total. The molecule has 2 saturated heterocycles. The number of carboxylic acid groups (broad SMARTS) is 1. The first-order valence-corrected chi connectivity index (χ1v) is 8.58. The van der Waals surface area contributed by atoms with Gasteiger partial charge in [0.2, 0.25) is 0 Å². The standard InChI is InChI=1S/C18H24N2O5/c1-24-16-11-25-10-15(16)19-18(23)20-8-6-12(7-9-20)13-4-2-3-5-14(13)17(21)22/h2-5,12,15-16H,6-11H2,1H3,(H,19,23)(H,21,22)/t15-,16+/m0/s1. The Labute approximate surface area is 146 Å². The van der Waals surface area contributed by atoms with Gasteiger partial charge in [0.15, 0.2) is 0 Å². The molecule has 2 atom stereocenters. The summed E-state index contributed by atoms with van der Waals surface area (Å²) in [5, 5.41) is 12.3. The van der Waals surface area contributed by atoms with E-state index in [-0.39, 0.29) is 24.1 Å². The van der Waals surface area contributed by atoms with E-state index in [0.717, 1.165) is 18.4 Å². The Kier molecular flexibility index (Phi) is 5.55. The minimum absolute atomic E-state index is 0.107. The van der Waals surface area contributed by atoms with E-state index in [9.17, 15) is 14.7 Å². The zero-order valence-electron chi connectivity index (χ0n) is 14.3. The van der Waals surface area contributed by atoms with Crippen LogP contribution in [0.5, 0.6) is 0 Å². The van der Waals surface area contributed by atoms with E-state index in [2.05, 4.69) is 5.32 Å². The number of ether oxygens (including phenoxy) is 2. The molecule has 2 N–H and O–H groups in total. The zero-order chi connectivity index (χ0) is 17.8. The highest BCUT2D eigenvalue weighted by Gasteiger charge is 2.32. The third kappa shape index (κ3) is 3.93. The van der Waals surface area contributed by atoms with Crippen molar-refractivity contribution in [2.24, 2.45) is 0 Å². The van der Waals surface area contributed by atoms with Crippen molar-refractivity contribution in [3.8, 4) is 0 Å². The molecule has 0 aliphatic carbocycles. The number of nitrogens with zero attached hydrogens (tertiary/aromatic N) is 1. The average Bonchev–Trinajstić information content (AvgIpc) is 3.09. The van der Waals surface area contributed by atoms with E-state index in [4.69, 9.17) is 9.47 Å². The van der Waals surface area contributed by atoms with Crippen molar-refractivity contribution >= 4 is 12.0 Å². The first-order chi connectivity index (χ1) is 12.1. The summed E-state index contributed by atoms with van der Waals surface area (Å²) in [6.07, 6.45) is 1.41. The molecule has 2 heterocycles. The van der Waals surface area contributed by atoms with Crippen molar-refractivity contribution in [3.63, 3.8) is 0 Å². The number of hydrogen-bond acceptors (Lipinski definition) is 4. The van der Waals surface area contributed by atoms with Crippen LogP contribution in [0.3, 0.4) is 0 Å². The topological polar surface area (TPSA) is 88.1 Å². The molecule has 3 rings (SSSR count). The third-order valence-corrected chi connectivity index (χ3v) is 5.05. The second-order valence-electron chi connectivity index (χ2n) is 6.52. The number of carbonyl (C=O) groups excluding carboxylic acids is 1. The molecule has 25 heavy (non-hydrogen) atoms. The minimum atomic E-state index is -0.900. The molecule has 2 aliphatic heterocycles. The number of carbonyl (C=O) groups is 2. The molecule has 0 spiro atoms. The van der Waals surface area contributed by atoms with Crippen molar-refractivity contribution < 1.29 is 24.2 Å². The van der Waals surface area contributed by atoms with E-state index in [0.29, 0.717) is 31.9 Å². The Hall–Kier alpha value is -2.12. The number of benzene rings is 1. The second-order valence-corrected chi connectivity index (χ2v) is 6.52. The maximum atomic E-state index is 12.4. The SMILES string of the molecule is CO[C@@H]1COC[C@@H]1NC(=O)N1CCC(c2ccccc2C(=O)O)CC1. The van der Waals surface area contributed by atoms with Crippen LogP contribution in [0.2, 0.25) is 0 Å². The highest BCUT2D eigenvalue weighted by Crippen LogP contribution is 2.30. The Bertz CT molecular complexity index is 628. The van der Waals surface area contributed by atoms with Crippen LogP contribution in [0.25, 0.3) is 0 Å². The van der Waals surface area contributed by atoms with Gasteiger partial charge in [0, 0.05) is 20.2 Å².